The number of aromatic nitrogens is 2. The lowest BCUT2D eigenvalue weighted by Gasteiger charge is -2.12. The second kappa shape index (κ2) is 6.68. The van der Waals surface area contributed by atoms with Gasteiger partial charge in [0.1, 0.15) is 5.82 Å². The van der Waals surface area contributed by atoms with Gasteiger partial charge in [0, 0.05) is 11.8 Å². The lowest BCUT2D eigenvalue weighted by Crippen LogP contribution is -2.27. The van der Waals surface area contributed by atoms with Crippen molar-refractivity contribution in [3.8, 4) is 5.69 Å². The molecule has 1 heterocycles. The van der Waals surface area contributed by atoms with Crippen LogP contribution in [-0.2, 0) is 0 Å². The first-order valence-corrected chi connectivity index (χ1v) is 7.70. The Morgan fingerprint density at radius 2 is 1.80 bits per heavy atom. The van der Waals surface area contributed by atoms with Gasteiger partial charge >= 0.3 is 0 Å². The molecule has 3 rings (SSSR count). The second-order valence-corrected chi connectivity index (χ2v) is 5.64. The van der Waals surface area contributed by atoms with E-state index in [1.807, 2.05) is 30.3 Å². The molecule has 2 aromatic carbocycles. The van der Waals surface area contributed by atoms with Crippen molar-refractivity contribution < 1.29 is 9.18 Å². The molecule has 0 spiro atoms. The molecule has 1 aromatic heterocycles. The molecule has 126 valence electrons. The topological polar surface area (TPSA) is 64.0 Å². The highest BCUT2D eigenvalue weighted by Crippen LogP contribution is 2.17. The Morgan fingerprint density at radius 3 is 2.52 bits per heavy atom. The molecule has 1 N–H and O–H groups in total. The Kier molecular flexibility index (Phi) is 4.43. The Hall–Kier alpha value is -3.28. The molecule has 5 nitrogen and oxygen atoms in total. The Morgan fingerprint density at radius 1 is 1.08 bits per heavy atom. The Balaban J connectivity index is 2.01. The molecule has 3 aromatic rings. The highest BCUT2D eigenvalue weighted by molar-refractivity contribution is 6.02. The van der Waals surface area contributed by atoms with E-state index in [2.05, 4.69) is 10.4 Å². The van der Waals surface area contributed by atoms with Crippen molar-refractivity contribution in [1.29, 1.82) is 0 Å². The molecule has 0 radical (unpaired) electrons. The fourth-order valence-electron chi connectivity index (χ4n) is 2.46. The number of halogens is 1. The minimum atomic E-state index is -0.751. The molecular weight excluding hydrogens is 321 g/mol. The van der Waals surface area contributed by atoms with E-state index in [1.54, 1.807) is 26.0 Å². The minimum absolute atomic E-state index is 0.0121. The molecule has 0 saturated carbocycles. The summed E-state index contributed by atoms with van der Waals surface area (Å²) in [6.07, 6.45) is 0. The highest BCUT2D eigenvalue weighted by Gasteiger charge is 2.17. The molecule has 0 bridgehead atoms. The fraction of sp³-hybridized carbons (Fsp3) is 0.105. The molecule has 25 heavy (non-hydrogen) atoms. The fourth-order valence-corrected chi connectivity index (χ4v) is 2.46. The molecular formula is C19H16FN3O2. The van der Waals surface area contributed by atoms with Crippen LogP contribution in [0.3, 0.4) is 0 Å². The third kappa shape index (κ3) is 3.33. The molecule has 0 aliphatic heterocycles. The van der Waals surface area contributed by atoms with Gasteiger partial charge < -0.3 is 5.32 Å². The third-order valence-corrected chi connectivity index (χ3v) is 3.76. The summed E-state index contributed by atoms with van der Waals surface area (Å²) in [5.41, 5.74) is 0.908. The molecule has 6 heteroatoms. The summed E-state index contributed by atoms with van der Waals surface area (Å²) in [7, 11) is 0. The average Bonchev–Trinajstić information content (AvgIpc) is 2.59. The highest BCUT2D eigenvalue weighted by atomic mass is 19.1. The lowest BCUT2D eigenvalue weighted by molar-refractivity contribution is 0.101. The number of amides is 1. The van der Waals surface area contributed by atoms with Crippen LogP contribution in [0.5, 0.6) is 0 Å². The first-order valence-electron chi connectivity index (χ1n) is 7.70. The standard InChI is InChI=1S/C19H16FN3O2/c1-12-7-6-10-15(17(12)20)21-19(25)18-16(24)11-13(2)23(22-18)14-8-4-3-5-9-14/h3-11H,1-2H3,(H,21,25). The summed E-state index contributed by atoms with van der Waals surface area (Å²) >= 11 is 0. The van der Waals surface area contributed by atoms with E-state index < -0.39 is 17.2 Å². The summed E-state index contributed by atoms with van der Waals surface area (Å²) in [5, 5.41) is 6.58. The summed E-state index contributed by atoms with van der Waals surface area (Å²) in [6, 6.07) is 15.1. The van der Waals surface area contributed by atoms with E-state index in [4.69, 9.17) is 0 Å². The van der Waals surface area contributed by atoms with Crippen molar-refractivity contribution >= 4 is 11.6 Å². The van der Waals surface area contributed by atoms with Gasteiger partial charge in [-0.3, -0.25) is 9.59 Å². The number of nitrogens with zero attached hydrogens (tertiary/aromatic N) is 2. The predicted octanol–water partition coefficient (Wildman–Crippen LogP) is 3.24. The lowest BCUT2D eigenvalue weighted by atomic mass is 10.2. The Labute approximate surface area is 143 Å². The number of benzene rings is 2. The zero-order chi connectivity index (χ0) is 18.0. The van der Waals surface area contributed by atoms with Crippen LogP contribution in [0.15, 0.2) is 59.4 Å². The minimum Gasteiger partial charge on any atom is -0.318 e. The molecule has 1 amide bonds. The van der Waals surface area contributed by atoms with Crippen LogP contribution in [0, 0.1) is 19.7 Å². The zero-order valence-corrected chi connectivity index (χ0v) is 13.8. The summed E-state index contributed by atoms with van der Waals surface area (Å²) in [6.45, 7) is 3.32. The van der Waals surface area contributed by atoms with Crippen molar-refractivity contribution in [1.82, 2.24) is 9.78 Å². The number of hydrogen-bond donors (Lipinski definition) is 1. The largest absolute Gasteiger partial charge is 0.318 e. The maximum atomic E-state index is 14.1. The number of rotatable bonds is 3. The zero-order valence-electron chi connectivity index (χ0n) is 13.8. The van der Waals surface area contributed by atoms with E-state index in [0.29, 0.717) is 11.3 Å². The summed E-state index contributed by atoms with van der Waals surface area (Å²) in [5.74, 6) is -1.29. The van der Waals surface area contributed by atoms with Gasteiger partial charge in [0.05, 0.1) is 11.4 Å². The number of nitrogens with one attached hydrogen (secondary N) is 1. The molecule has 0 atom stereocenters. The van der Waals surface area contributed by atoms with Crippen molar-refractivity contribution in [2.24, 2.45) is 0 Å². The van der Waals surface area contributed by atoms with Crippen molar-refractivity contribution in [2.45, 2.75) is 13.8 Å². The van der Waals surface area contributed by atoms with Crippen LogP contribution < -0.4 is 10.7 Å². The molecule has 0 aliphatic rings. The summed E-state index contributed by atoms with van der Waals surface area (Å²) in [4.78, 5) is 24.6. The number of anilines is 1. The van der Waals surface area contributed by atoms with Crippen molar-refractivity contribution in [2.75, 3.05) is 5.32 Å². The van der Waals surface area contributed by atoms with Gasteiger partial charge in [0.15, 0.2) is 5.69 Å². The quantitative estimate of drug-likeness (QED) is 0.798. The summed E-state index contributed by atoms with van der Waals surface area (Å²) < 4.78 is 15.6. The number of carbonyl (C=O) groups is 1. The first-order chi connectivity index (χ1) is 12.0. The normalized spacial score (nSPS) is 10.5. The maximum absolute atomic E-state index is 14.1. The number of hydrogen-bond acceptors (Lipinski definition) is 3. The van der Waals surface area contributed by atoms with Crippen LogP contribution in [0.4, 0.5) is 10.1 Å². The number of carbonyl (C=O) groups excluding carboxylic acids is 1. The van der Waals surface area contributed by atoms with Crippen LogP contribution in [0.2, 0.25) is 0 Å². The number of para-hydroxylation sites is 1. The second-order valence-electron chi connectivity index (χ2n) is 5.64. The van der Waals surface area contributed by atoms with Gasteiger partial charge in [-0.2, -0.15) is 5.10 Å². The van der Waals surface area contributed by atoms with E-state index in [1.165, 1.54) is 16.8 Å². The predicted molar refractivity (Wildman–Crippen MR) is 93.7 cm³/mol. The molecule has 0 saturated heterocycles. The van der Waals surface area contributed by atoms with E-state index >= 15 is 0 Å². The van der Waals surface area contributed by atoms with Gasteiger partial charge in [-0.25, -0.2) is 9.07 Å². The van der Waals surface area contributed by atoms with Gasteiger partial charge in [-0.15, -0.1) is 0 Å². The van der Waals surface area contributed by atoms with Gasteiger partial charge in [-0.1, -0.05) is 30.3 Å². The van der Waals surface area contributed by atoms with Gasteiger partial charge in [0.2, 0.25) is 5.43 Å². The maximum Gasteiger partial charge on any atom is 0.280 e. The van der Waals surface area contributed by atoms with Crippen LogP contribution in [0.1, 0.15) is 21.7 Å². The van der Waals surface area contributed by atoms with Gasteiger partial charge in [0.25, 0.3) is 5.91 Å². The van der Waals surface area contributed by atoms with Crippen LogP contribution in [0.25, 0.3) is 5.69 Å². The first kappa shape index (κ1) is 16.6. The van der Waals surface area contributed by atoms with E-state index in [-0.39, 0.29) is 11.4 Å². The molecule has 0 fully saturated rings. The van der Waals surface area contributed by atoms with Gasteiger partial charge in [-0.05, 0) is 37.6 Å². The SMILES string of the molecule is Cc1cccc(NC(=O)c2nn(-c3ccccc3)c(C)cc2=O)c1F. The monoisotopic (exact) mass is 337 g/mol. The number of aryl methyl sites for hydroxylation is 2. The van der Waals surface area contributed by atoms with Crippen molar-refractivity contribution in [3.05, 3.63) is 87.6 Å². The van der Waals surface area contributed by atoms with E-state index in [0.717, 1.165) is 5.69 Å². The van der Waals surface area contributed by atoms with Crippen LogP contribution in [-0.4, -0.2) is 15.7 Å². The van der Waals surface area contributed by atoms with Crippen LogP contribution >= 0.6 is 0 Å². The molecule has 0 unspecified atom stereocenters. The van der Waals surface area contributed by atoms with Crippen molar-refractivity contribution in [3.63, 3.8) is 0 Å². The van der Waals surface area contributed by atoms with E-state index in [9.17, 15) is 14.0 Å². The smallest absolute Gasteiger partial charge is 0.280 e. The Bertz CT molecular complexity index is 997. The average molecular weight is 337 g/mol. The molecule has 0 aliphatic carbocycles. The third-order valence-electron chi connectivity index (χ3n) is 3.76.